The summed E-state index contributed by atoms with van der Waals surface area (Å²) in [7, 11) is 0. The van der Waals surface area contributed by atoms with Crippen LogP contribution < -0.4 is 21.5 Å². The topological polar surface area (TPSA) is 20.9 Å². The summed E-state index contributed by atoms with van der Waals surface area (Å²) in [5.74, 6) is 0.0978. The Morgan fingerprint density at radius 3 is 2.17 bits per heavy atom. The molecule has 1 aromatic carbocycles. The summed E-state index contributed by atoms with van der Waals surface area (Å²) < 4.78 is 3.73. The molecule has 0 aliphatic carbocycles. The van der Waals surface area contributed by atoms with Gasteiger partial charge in [-0.15, -0.1) is 0 Å². The lowest BCUT2D eigenvalue weighted by molar-refractivity contribution is -0.684. The van der Waals surface area contributed by atoms with Crippen molar-refractivity contribution in [1.82, 2.24) is 0 Å². The van der Waals surface area contributed by atoms with E-state index in [-0.39, 0.29) is 22.8 Å². The molecule has 0 unspecified atom stereocenters. The Balaban J connectivity index is 0.00000162. The molecule has 0 atom stereocenters. The number of benzene rings is 1. The normalized spacial score (nSPS) is 9.67. The van der Waals surface area contributed by atoms with E-state index in [1.807, 2.05) is 53.4 Å². The Morgan fingerprint density at radius 1 is 1.06 bits per heavy atom. The van der Waals surface area contributed by atoms with Gasteiger partial charge in [0.2, 0.25) is 12.3 Å². The van der Waals surface area contributed by atoms with Gasteiger partial charge in [-0.05, 0) is 37.9 Å². The Hall–Kier alpha value is -0.520. The van der Waals surface area contributed by atoms with Crippen LogP contribution in [0, 0.1) is 0 Å². The number of rotatable bonds is 3. The molecule has 1 aromatic heterocycles. The van der Waals surface area contributed by atoms with Gasteiger partial charge in [0, 0.05) is 5.56 Å². The van der Waals surface area contributed by atoms with Crippen LogP contribution in [0.1, 0.15) is 10.4 Å². The first-order valence-electron chi connectivity index (χ1n) is 5.08. The third-order valence-corrected chi connectivity index (χ3v) is 3.14. The highest BCUT2D eigenvalue weighted by atomic mass is 79.9. The zero-order valence-corrected chi connectivity index (χ0v) is 14.1. The fraction of sp³-hybridized carbons (Fsp3) is 0.0769. The van der Waals surface area contributed by atoms with Gasteiger partial charge in [-0.25, -0.2) is 0 Å². The van der Waals surface area contributed by atoms with E-state index < -0.39 is 0 Å². The van der Waals surface area contributed by atoms with Gasteiger partial charge in [-0.2, -0.15) is 4.57 Å². The van der Waals surface area contributed by atoms with Gasteiger partial charge in [0.15, 0.2) is 12.4 Å². The Morgan fingerprint density at radius 2 is 1.61 bits per heavy atom. The van der Waals surface area contributed by atoms with Gasteiger partial charge >= 0.3 is 0 Å². The van der Waals surface area contributed by atoms with Crippen LogP contribution in [-0.4, -0.2) is 5.78 Å². The molecule has 2 rings (SSSR count). The smallest absolute Gasteiger partial charge is 0.227 e. The van der Waals surface area contributed by atoms with Gasteiger partial charge in [0.1, 0.15) is 0 Å². The molecule has 0 N–H and O–H groups in total. The number of carbonyl (C=O) groups is 1. The molecule has 0 fully saturated rings. The SMILES string of the molecule is O=C(C[n+]1cc(Br)cc(Br)c1)c1ccccc1.[Br-]. The van der Waals surface area contributed by atoms with Gasteiger partial charge in [0.25, 0.3) is 0 Å². The van der Waals surface area contributed by atoms with Crippen LogP contribution in [0.15, 0.2) is 57.7 Å². The molecule has 94 valence electrons. The molecule has 5 heteroatoms. The predicted octanol–water partition coefficient (Wildman–Crippen LogP) is 0.386. The van der Waals surface area contributed by atoms with E-state index in [2.05, 4.69) is 31.9 Å². The Labute approximate surface area is 133 Å². The third kappa shape index (κ3) is 4.30. The molecule has 2 aromatic rings. The van der Waals surface area contributed by atoms with Crippen molar-refractivity contribution >= 4 is 37.6 Å². The van der Waals surface area contributed by atoms with E-state index in [1.165, 1.54) is 0 Å². The molecule has 0 aliphatic rings. The van der Waals surface area contributed by atoms with Crippen LogP contribution in [0.4, 0.5) is 0 Å². The van der Waals surface area contributed by atoms with Crippen molar-refractivity contribution in [2.45, 2.75) is 6.54 Å². The molecule has 0 bridgehead atoms. The van der Waals surface area contributed by atoms with Crippen molar-refractivity contribution < 1.29 is 26.3 Å². The zero-order valence-electron chi connectivity index (χ0n) is 9.32. The molecule has 1 heterocycles. The summed E-state index contributed by atoms with van der Waals surface area (Å²) in [4.78, 5) is 12.0. The number of Topliss-reactive ketones (excluding diaryl/α,β-unsaturated/α-hetero) is 1. The number of hydrogen-bond donors (Lipinski definition) is 0. The number of halogens is 3. The van der Waals surface area contributed by atoms with Crippen molar-refractivity contribution in [3.05, 3.63) is 63.3 Å². The first-order valence-corrected chi connectivity index (χ1v) is 6.67. The highest BCUT2D eigenvalue weighted by Crippen LogP contribution is 2.13. The highest BCUT2D eigenvalue weighted by Gasteiger charge is 2.12. The maximum absolute atomic E-state index is 12.0. The van der Waals surface area contributed by atoms with Gasteiger partial charge in [-0.1, -0.05) is 30.3 Å². The van der Waals surface area contributed by atoms with E-state index in [9.17, 15) is 4.79 Å². The van der Waals surface area contributed by atoms with E-state index in [4.69, 9.17) is 0 Å². The van der Waals surface area contributed by atoms with Gasteiger partial charge in [0.05, 0.1) is 8.95 Å². The first kappa shape index (κ1) is 15.5. The van der Waals surface area contributed by atoms with Crippen molar-refractivity contribution in [3.8, 4) is 0 Å². The molecule has 0 saturated carbocycles. The second-order valence-electron chi connectivity index (χ2n) is 3.63. The van der Waals surface area contributed by atoms with Crippen LogP contribution in [0.5, 0.6) is 0 Å². The third-order valence-electron chi connectivity index (χ3n) is 2.28. The van der Waals surface area contributed by atoms with Gasteiger partial charge < -0.3 is 17.0 Å². The minimum Gasteiger partial charge on any atom is -1.00 e. The number of carbonyl (C=O) groups excluding carboxylic acids is 1. The van der Waals surface area contributed by atoms with Crippen molar-refractivity contribution in [1.29, 1.82) is 0 Å². The minimum atomic E-state index is 0. The van der Waals surface area contributed by atoms with E-state index in [0.717, 1.165) is 14.5 Å². The summed E-state index contributed by atoms with van der Waals surface area (Å²) in [5.41, 5.74) is 0.732. The summed E-state index contributed by atoms with van der Waals surface area (Å²) in [6.07, 6.45) is 3.76. The van der Waals surface area contributed by atoms with Crippen molar-refractivity contribution in [3.63, 3.8) is 0 Å². The zero-order chi connectivity index (χ0) is 12.3. The fourth-order valence-corrected chi connectivity index (χ4v) is 2.86. The molecule has 2 nitrogen and oxygen atoms in total. The molecule has 0 amide bonds. The summed E-state index contributed by atoms with van der Waals surface area (Å²) in [6.45, 7) is 0.335. The number of ketones is 1. The lowest BCUT2D eigenvalue weighted by Crippen LogP contribution is -3.00. The fourth-order valence-electron chi connectivity index (χ4n) is 1.53. The van der Waals surface area contributed by atoms with Crippen LogP contribution in [0.3, 0.4) is 0 Å². The highest BCUT2D eigenvalue weighted by molar-refractivity contribution is 9.11. The average Bonchev–Trinajstić information content (AvgIpc) is 2.28. The Bertz CT molecular complexity index is 523. The molecular formula is C13H10Br3NO. The standard InChI is InChI=1S/C13H10Br2NO.BrH/c14-11-6-12(15)8-16(7-11)9-13(17)10-4-2-1-3-5-10;/h1-8H,9H2;1H/q+1;/p-1. The predicted molar refractivity (Wildman–Crippen MR) is 72.8 cm³/mol. The molecule has 0 saturated heterocycles. The molecule has 18 heavy (non-hydrogen) atoms. The van der Waals surface area contributed by atoms with Crippen molar-refractivity contribution in [2.24, 2.45) is 0 Å². The molecule has 0 radical (unpaired) electrons. The minimum absolute atomic E-state index is 0. The summed E-state index contributed by atoms with van der Waals surface area (Å²) in [6, 6.07) is 11.2. The van der Waals surface area contributed by atoms with Crippen LogP contribution in [-0.2, 0) is 6.54 Å². The van der Waals surface area contributed by atoms with Crippen molar-refractivity contribution in [2.75, 3.05) is 0 Å². The lowest BCUT2D eigenvalue weighted by atomic mass is 10.1. The maximum Gasteiger partial charge on any atom is 0.227 e. The largest absolute Gasteiger partial charge is 1.00 e. The van der Waals surface area contributed by atoms with Crippen LogP contribution in [0.25, 0.3) is 0 Å². The van der Waals surface area contributed by atoms with E-state index >= 15 is 0 Å². The molecule has 0 spiro atoms. The second-order valence-corrected chi connectivity index (χ2v) is 5.47. The number of nitrogens with zero attached hydrogens (tertiary/aromatic N) is 1. The van der Waals surface area contributed by atoms with E-state index in [1.54, 1.807) is 0 Å². The first-order chi connectivity index (χ1) is 8.15. The monoisotopic (exact) mass is 433 g/mol. The summed E-state index contributed by atoms with van der Waals surface area (Å²) >= 11 is 6.79. The Kier molecular flexibility index (Phi) is 6.18. The lowest BCUT2D eigenvalue weighted by Gasteiger charge is -1.99. The van der Waals surface area contributed by atoms with E-state index in [0.29, 0.717) is 6.54 Å². The number of pyridine rings is 1. The molecular weight excluding hydrogens is 426 g/mol. The maximum atomic E-state index is 12.0. The number of hydrogen-bond acceptors (Lipinski definition) is 1. The summed E-state index contributed by atoms with van der Waals surface area (Å²) in [5, 5.41) is 0. The van der Waals surface area contributed by atoms with Crippen LogP contribution in [0.2, 0.25) is 0 Å². The average molecular weight is 436 g/mol. The second kappa shape index (κ2) is 7.16. The van der Waals surface area contributed by atoms with Gasteiger partial charge in [-0.3, -0.25) is 4.79 Å². The molecule has 0 aliphatic heterocycles. The quantitative estimate of drug-likeness (QED) is 0.504. The number of aromatic nitrogens is 1. The van der Waals surface area contributed by atoms with Crippen LogP contribution >= 0.6 is 31.9 Å².